The summed E-state index contributed by atoms with van der Waals surface area (Å²) in [6, 6.07) is 16.2. The molecule has 2 aromatic carbocycles. The Bertz CT molecular complexity index is 1150. The summed E-state index contributed by atoms with van der Waals surface area (Å²) in [5.41, 5.74) is 0.947. The first-order chi connectivity index (χ1) is 14.9. The van der Waals surface area contributed by atoms with Crippen LogP contribution >= 0.6 is 0 Å². The molecule has 0 spiro atoms. The van der Waals surface area contributed by atoms with Crippen LogP contribution in [0.5, 0.6) is 0 Å². The second kappa shape index (κ2) is 8.27. The van der Waals surface area contributed by atoms with Crippen LogP contribution in [0.25, 0.3) is 0 Å². The Balaban J connectivity index is 1.45. The molecule has 1 aromatic heterocycles. The van der Waals surface area contributed by atoms with E-state index in [1.807, 2.05) is 6.07 Å². The van der Waals surface area contributed by atoms with Gasteiger partial charge in [0.2, 0.25) is 0 Å². The van der Waals surface area contributed by atoms with E-state index < -0.39 is 29.8 Å². The predicted octanol–water partition coefficient (Wildman–Crippen LogP) is 3.26. The third kappa shape index (κ3) is 4.09. The highest BCUT2D eigenvalue weighted by Gasteiger charge is 2.36. The van der Waals surface area contributed by atoms with Crippen molar-refractivity contribution in [2.24, 2.45) is 0 Å². The van der Waals surface area contributed by atoms with Gasteiger partial charge in [-0.15, -0.1) is 0 Å². The predicted molar refractivity (Wildman–Crippen MR) is 109 cm³/mol. The molecule has 1 aliphatic heterocycles. The summed E-state index contributed by atoms with van der Waals surface area (Å²) < 4.78 is 10.4. The van der Waals surface area contributed by atoms with Crippen molar-refractivity contribution in [1.29, 1.82) is 0 Å². The minimum Gasteiger partial charge on any atom is -0.467 e. The summed E-state index contributed by atoms with van der Waals surface area (Å²) in [6.07, 6.45) is 0.394. The number of ether oxygens (including phenoxy) is 1. The molecule has 1 N–H and O–H groups in total. The lowest BCUT2D eigenvalue weighted by atomic mass is 10.1. The standard InChI is InChI=1S/C23H18N2O6/c1-14(20(26)24-16-6-3-2-4-7-16)31-23(29)15-9-10-18-19(12-15)22(28)25(21(18)27)13-17-8-5-11-30-17/h2-12,14H,13H2,1H3,(H,24,26)/t14-/m1/s1. The lowest BCUT2D eigenvalue weighted by Crippen LogP contribution is -2.30. The van der Waals surface area contributed by atoms with Crippen molar-refractivity contribution in [2.75, 3.05) is 5.32 Å². The van der Waals surface area contributed by atoms with Gasteiger partial charge in [0.1, 0.15) is 5.76 Å². The molecule has 8 heteroatoms. The van der Waals surface area contributed by atoms with Crippen LogP contribution in [0.15, 0.2) is 71.3 Å². The van der Waals surface area contributed by atoms with E-state index in [4.69, 9.17) is 9.15 Å². The van der Waals surface area contributed by atoms with Gasteiger partial charge in [0.25, 0.3) is 17.7 Å². The van der Waals surface area contributed by atoms with Crippen LogP contribution in [-0.2, 0) is 16.1 Å². The molecule has 3 amide bonds. The summed E-state index contributed by atoms with van der Waals surface area (Å²) in [6.45, 7) is 1.44. The zero-order valence-corrected chi connectivity index (χ0v) is 16.5. The summed E-state index contributed by atoms with van der Waals surface area (Å²) in [7, 11) is 0. The topological polar surface area (TPSA) is 106 Å². The fourth-order valence-electron chi connectivity index (χ4n) is 3.17. The van der Waals surface area contributed by atoms with Crippen LogP contribution < -0.4 is 5.32 Å². The molecule has 0 fully saturated rings. The van der Waals surface area contributed by atoms with E-state index in [0.717, 1.165) is 4.90 Å². The van der Waals surface area contributed by atoms with Crippen molar-refractivity contribution in [2.45, 2.75) is 19.6 Å². The normalized spacial score (nSPS) is 13.6. The average molecular weight is 418 g/mol. The molecule has 3 aromatic rings. The average Bonchev–Trinajstić information content (AvgIpc) is 3.37. The lowest BCUT2D eigenvalue weighted by Gasteiger charge is -2.13. The van der Waals surface area contributed by atoms with Crippen molar-refractivity contribution in [3.8, 4) is 0 Å². The highest BCUT2D eigenvalue weighted by atomic mass is 16.5. The van der Waals surface area contributed by atoms with Gasteiger partial charge in [-0.1, -0.05) is 18.2 Å². The molecule has 0 unspecified atom stereocenters. The third-order valence-electron chi connectivity index (χ3n) is 4.79. The minimum absolute atomic E-state index is 0.00415. The maximum atomic E-state index is 12.7. The Morgan fingerprint density at radius 1 is 1.00 bits per heavy atom. The Kier molecular flexibility index (Phi) is 5.36. The monoisotopic (exact) mass is 418 g/mol. The highest BCUT2D eigenvalue weighted by Crippen LogP contribution is 2.26. The Hall–Kier alpha value is -4.20. The minimum atomic E-state index is -1.06. The Morgan fingerprint density at radius 2 is 1.74 bits per heavy atom. The smallest absolute Gasteiger partial charge is 0.338 e. The number of nitrogens with zero attached hydrogens (tertiary/aromatic N) is 1. The fourth-order valence-corrected chi connectivity index (χ4v) is 3.17. The number of hydrogen-bond acceptors (Lipinski definition) is 6. The number of hydrogen-bond donors (Lipinski definition) is 1. The van der Waals surface area contributed by atoms with Gasteiger partial charge in [-0.2, -0.15) is 0 Å². The number of furan rings is 1. The van der Waals surface area contributed by atoms with E-state index in [1.54, 1.807) is 36.4 Å². The second-order valence-corrected chi connectivity index (χ2v) is 6.94. The number of imide groups is 1. The molecular formula is C23H18N2O6. The van der Waals surface area contributed by atoms with Crippen molar-refractivity contribution in [1.82, 2.24) is 4.90 Å². The van der Waals surface area contributed by atoms with Crippen LogP contribution in [0, 0.1) is 0 Å². The number of benzene rings is 2. The zero-order chi connectivity index (χ0) is 22.0. The van der Waals surface area contributed by atoms with Crippen LogP contribution in [-0.4, -0.2) is 34.7 Å². The van der Waals surface area contributed by atoms with Gasteiger partial charge in [-0.25, -0.2) is 4.79 Å². The molecule has 8 nitrogen and oxygen atoms in total. The summed E-state index contributed by atoms with van der Waals surface area (Å²) >= 11 is 0. The van der Waals surface area contributed by atoms with Gasteiger partial charge in [0.15, 0.2) is 6.10 Å². The molecule has 0 saturated carbocycles. The van der Waals surface area contributed by atoms with Gasteiger partial charge in [-0.3, -0.25) is 19.3 Å². The number of amides is 3. The number of anilines is 1. The number of para-hydroxylation sites is 1. The third-order valence-corrected chi connectivity index (χ3v) is 4.79. The maximum absolute atomic E-state index is 12.7. The molecule has 1 atom stereocenters. The quantitative estimate of drug-likeness (QED) is 0.487. The van der Waals surface area contributed by atoms with E-state index >= 15 is 0 Å². The van der Waals surface area contributed by atoms with Gasteiger partial charge >= 0.3 is 5.97 Å². The van der Waals surface area contributed by atoms with E-state index in [-0.39, 0.29) is 23.2 Å². The van der Waals surface area contributed by atoms with Gasteiger partial charge in [0, 0.05) is 5.69 Å². The molecule has 0 bridgehead atoms. The first kappa shape index (κ1) is 20.1. The van der Waals surface area contributed by atoms with Crippen molar-refractivity contribution in [3.63, 3.8) is 0 Å². The van der Waals surface area contributed by atoms with Crippen LogP contribution in [0.1, 0.15) is 43.8 Å². The maximum Gasteiger partial charge on any atom is 0.338 e. The van der Waals surface area contributed by atoms with Gasteiger partial charge < -0.3 is 14.5 Å². The molecule has 0 saturated heterocycles. The number of fused-ring (bicyclic) bond motifs is 1. The Morgan fingerprint density at radius 3 is 2.45 bits per heavy atom. The summed E-state index contributed by atoms with van der Waals surface area (Å²) in [5, 5.41) is 2.65. The van der Waals surface area contributed by atoms with E-state index in [1.165, 1.54) is 31.4 Å². The largest absolute Gasteiger partial charge is 0.467 e. The van der Waals surface area contributed by atoms with Gasteiger partial charge in [-0.05, 0) is 49.4 Å². The van der Waals surface area contributed by atoms with Crippen LogP contribution in [0.4, 0.5) is 5.69 Å². The van der Waals surface area contributed by atoms with E-state index in [2.05, 4.69) is 5.32 Å². The van der Waals surface area contributed by atoms with Crippen LogP contribution in [0.2, 0.25) is 0 Å². The molecule has 4 rings (SSSR count). The second-order valence-electron chi connectivity index (χ2n) is 6.94. The number of carbonyl (C=O) groups excluding carboxylic acids is 4. The Labute approximate surface area is 177 Å². The zero-order valence-electron chi connectivity index (χ0n) is 16.5. The number of esters is 1. The molecular weight excluding hydrogens is 400 g/mol. The van der Waals surface area contributed by atoms with Gasteiger partial charge in [0.05, 0.1) is 29.5 Å². The molecule has 0 radical (unpaired) electrons. The van der Waals surface area contributed by atoms with Crippen molar-refractivity contribution < 1.29 is 28.3 Å². The number of rotatable bonds is 6. The molecule has 31 heavy (non-hydrogen) atoms. The van der Waals surface area contributed by atoms with Crippen molar-refractivity contribution in [3.05, 3.63) is 89.4 Å². The number of carbonyl (C=O) groups is 4. The SMILES string of the molecule is C[C@@H](OC(=O)c1ccc2c(c1)C(=O)N(Cc1ccco1)C2=O)C(=O)Nc1ccccc1. The summed E-state index contributed by atoms with van der Waals surface area (Å²) in [5.74, 6) is -1.79. The fraction of sp³-hybridized carbons (Fsp3) is 0.130. The molecule has 156 valence electrons. The van der Waals surface area contributed by atoms with Crippen LogP contribution in [0.3, 0.4) is 0 Å². The first-order valence-electron chi connectivity index (χ1n) is 9.53. The molecule has 1 aliphatic rings. The van der Waals surface area contributed by atoms with E-state index in [9.17, 15) is 19.2 Å². The van der Waals surface area contributed by atoms with E-state index in [0.29, 0.717) is 11.4 Å². The highest BCUT2D eigenvalue weighted by molar-refractivity contribution is 6.21. The number of nitrogens with one attached hydrogen (secondary N) is 1. The van der Waals surface area contributed by atoms with Crippen molar-refractivity contribution >= 4 is 29.4 Å². The molecule has 2 heterocycles. The summed E-state index contributed by atoms with van der Waals surface area (Å²) in [4.78, 5) is 51.1. The lowest BCUT2D eigenvalue weighted by molar-refractivity contribution is -0.123. The molecule has 0 aliphatic carbocycles. The first-order valence-corrected chi connectivity index (χ1v) is 9.53.